The summed E-state index contributed by atoms with van der Waals surface area (Å²) in [6.07, 6.45) is 1.06. The Kier molecular flexibility index (Phi) is 4.82. The highest BCUT2D eigenvalue weighted by atomic mass is 32.2. The molecule has 1 aromatic carbocycles. The third-order valence-electron chi connectivity index (χ3n) is 2.24. The number of hydrogen-bond acceptors (Lipinski definition) is 2. The zero-order chi connectivity index (χ0) is 11.3. The molecule has 15 heavy (non-hydrogen) atoms. The van der Waals surface area contributed by atoms with Crippen molar-refractivity contribution in [2.24, 2.45) is 0 Å². The number of thioether (sulfide) groups is 1. The molecule has 0 radical (unpaired) electrons. The van der Waals surface area contributed by atoms with E-state index in [4.69, 9.17) is 0 Å². The molecule has 0 spiro atoms. The van der Waals surface area contributed by atoms with Gasteiger partial charge in [0.15, 0.2) is 5.78 Å². The summed E-state index contributed by atoms with van der Waals surface area (Å²) >= 11 is 1.64. The Balaban J connectivity index is 2.50. The predicted octanol–water partition coefficient (Wildman–Crippen LogP) is 3.54. The van der Waals surface area contributed by atoms with Gasteiger partial charge in [0.25, 0.3) is 0 Å². The van der Waals surface area contributed by atoms with Gasteiger partial charge in [-0.05, 0) is 30.7 Å². The van der Waals surface area contributed by atoms with Crippen molar-refractivity contribution in [2.75, 3.05) is 5.75 Å². The summed E-state index contributed by atoms with van der Waals surface area (Å²) in [5.41, 5.74) is 0.590. The molecular weight excluding hydrogens is 211 g/mol. The van der Waals surface area contributed by atoms with Crippen LogP contribution in [0.1, 0.15) is 30.6 Å². The first-order valence-corrected chi connectivity index (χ1v) is 6.08. The molecule has 0 amide bonds. The fourth-order valence-corrected chi connectivity index (χ4v) is 1.89. The highest BCUT2D eigenvalue weighted by molar-refractivity contribution is 8.00. The summed E-state index contributed by atoms with van der Waals surface area (Å²) < 4.78 is 12.6. The van der Waals surface area contributed by atoms with Crippen molar-refractivity contribution in [3.8, 4) is 0 Å². The normalized spacial score (nSPS) is 12.5. The Morgan fingerprint density at radius 2 is 2.00 bits per heavy atom. The van der Waals surface area contributed by atoms with Crippen LogP contribution in [0.3, 0.4) is 0 Å². The SMILES string of the molecule is CCC(C)SCC(=O)c1ccc(F)cc1. The molecule has 0 saturated heterocycles. The van der Waals surface area contributed by atoms with Crippen molar-refractivity contribution < 1.29 is 9.18 Å². The summed E-state index contributed by atoms with van der Waals surface area (Å²) in [6, 6.07) is 5.71. The monoisotopic (exact) mass is 226 g/mol. The van der Waals surface area contributed by atoms with Crippen molar-refractivity contribution in [1.82, 2.24) is 0 Å². The molecule has 82 valence electrons. The number of carbonyl (C=O) groups is 1. The Morgan fingerprint density at radius 1 is 1.40 bits per heavy atom. The first-order chi connectivity index (χ1) is 7.13. The maximum Gasteiger partial charge on any atom is 0.172 e. The zero-order valence-corrected chi connectivity index (χ0v) is 9.81. The van der Waals surface area contributed by atoms with Crippen LogP contribution in [-0.2, 0) is 0 Å². The lowest BCUT2D eigenvalue weighted by atomic mass is 10.1. The molecule has 0 bridgehead atoms. The maximum absolute atomic E-state index is 12.6. The third kappa shape index (κ3) is 4.04. The van der Waals surface area contributed by atoms with E-state index in [1.807, 2.05) is 0 Å². The molecule has 0 aliphatic heterocycles. The van der Waals surface area contributed by atoms with Crippen LogP contribution in [0.4, 0.5) is 4.39 Å². The van der Waals surface area contributed by atoms with Crippen molar-refractivity contribution in [3.05, 3.63) is 35.6 Å². The van der Waals surface area contributed by atoms with Crippen LogP contribution in [-0.4, -0.2) is 16.8 Å². The minimum Gasteiger partial charge on any atom is -0.293 e. The summed E-state index contributed by atoms with van der Waals surface area (Å²) in [4.78, 5) is 11.6. The summed E-state index contributed by atoms with van der Waals surface area (Å²) in [5, 5.41) is 0.495. The lowest BCUT2D eigenvalue weighted by Crippen LogP contribution is -2.06. The highest BCUT2D eigenvalue weighted by Gasteiger charge is 2.08. The second-order valence-corrected chi connectivity index (χ2v) is 4.89. The molecule has 0 aromatic heterocycles. The maximum atomic E-state index is 12.6. The number of halogens is 1. The smallest absolute Gasteiger partial charge is 0.172 e. The third-order valence-corrected chi connectivity index (χ3v) is 3.57. The van der Waals surface area contributed by atoms with E-state index in [-0.39, 0.29) is 11.6 Å². The molecule has 0 heterocycles. The number of carbonyl (C=O) groups excluding carboxylic acids is 1. The van der Waals surface area contributed by atoms with Crippen molar-refractivity contribution in [3.63, 3.8) is 0 Å². The van der Waals surface area contributed by atoms with E-state index < -0.39 is 0 Å². The van der Waals surface area contributed by atoms with Gasteiger partial charge >= 0.3 is 0 Å². The fourth-order valence-electron chi connectivity index (χ4n) is 1.05. The molecule has 1 unspecified atom stereocenters. The minimum absolute atomic E-state index is 0.0697. The van der Waals surface area contributed by atoms with Gasteiger partial charge in [-0.2, -0.15) is 11.8 Å². The zero-order valence-electron chi connectivity index (χ0n) is 9.00. The van der Waals surface area contributed by atoms with Crippen LogP contribution in [0.15, 0.2) is 24.3 Å². The molecule has 1 atom stereocenters. The van der Waals surface area contributed by atoms with E-state index in [0.29, 0.717) is 16.6 Å². The first kappa shape index (κ1) is 12.2. The number of Topliss-reactive ketones (excluding diaryl/α,β-unsaturated/α-hetero) is 1. The Morgan fingerprint density at radius 3 is 2.53 bits per heavy atom. The molecule has 3 heteroatoms. The number of rotatable bonds is 5. The second kappa shape index (κ2) is 5.91. The van der Waals surface area contributed by atoms with Crippen molar-refractivity contribution >= 4 is 17.5 Å². The van der Waals surface area contributed by atoms with Gasteiger partial charge in [-0.25, -0.2) is 4.39 Å². The van der Waals surface area contributed by atoms with Gasteiger partial charge in [-0.1, -0.05) is 13.8 Å². The van der Waals surface area contributed by atoms with Crippen LogP contribution in [0.5, 0.6) is 0 Å². The molecule has 0 saturated carbocycles. The van der Waals surface area contributed by atoms with E-state index in [9.17, 15) is 9.18 Å². The number of hydrogen-bond donors (Lipinski definition) is 0. The van der Waals surface area contributed by atoms with Crippen LogP contribution >= 0.6 is 11.8 Å². The van der Waals surface area contributed by atoms with Gasteiger partial charge < -0.3 is 0 Å². The molecule has 0 aliphatic rings. The van der Waals surface area contributed by atoms with Gasteiger partial charge in [0, 0.05) is 10.8 Å². The van der Waals surface area contributed by atoms with E-state index in [2.05, 4.69) is 13.8 Å². The fraction of sp³-hybridized carbons (Fsp3) is 0.417. The first-order valence-electron chi connectivity index (χ1n) is 5.04. The lowest BCUT2D eigenvalue weighted by Gasteiger charge is -2.06. The average Bonchev–Trinajstić information content (AvgIpc) is 2.26. The Labute approximate surface area is 94.1 Å². The lowest BCUT2D eigenvalue weighted by molar-refractivity contribution is 0.102. The number of benzene rings is 1. The van der Waals surface area contributed by atoms with Gasteiger partial charge in [0.2, 0.25) is 0 Å². The molecule has 0 aliphatic carbocycles. The van der Waals surface area contributed by atoms with Gasteiger partial charge in [-0.15, -0.1) is 0 Å². The van der Waals surface area contributed by atoms with Gasteiger partial charge in [0.1, 0.15) is 5.82 Å². The predicted molar refractivity (Wildman–Crippen MR) is 62.9 cm³/mol. The Bertz CT molecular complexity index is 321. The van der Waals surface area contributed by atoms with Crippen LogP contribution < -0.4 is 0 Å². The summed E-state index contributed by atoms with van der Waals surface area (Å²) in [7, 11) is 0. The second-order valence-electron chi connectivity index (χ2n) is 3.46. The van der Waals surface area contributed by atoms with E-state index in [0.717, 1.165) is 6.42 Å². The number of ketones is 1. The topological polar surface area (TPSA) is 17.1 Å². The van der Waals surface area contributed by atoms with E-state index in [1.54, 1.807) is 11.8 Å². The summed E-state index contributed by atoms with van der Waals surface area (Å²) in [5.74, 6) is 0.238. The highest BCUT2D eigenvalue weighted by Crippen LogP contribution is 2.15. The van der Waals surface area contributed by atoms with Gasteiger partial charge in [0.05, 0.1) is 5.75 Å². The summed E-state index contributed by atoms with van der Waals surface area (Å²) in [6.45, 7) is 4.20. The van der Waals surface area contributed by atoms with E-state index >= 15 is 0 Å². The molecule has 1 nitrogen and oxygen atoms in total. The standard InChI is InChI=1S/C12H15FOS/c1-3-9(2)15-8-12(14)10-4-6-11(13)7-5-10/h4-7,9H,3,8H2,1-2H3. The molecule has 1 aromatic rings. The minimum atomic E-state index is -0.305. The van der Waals surface area contributed by atoms with Gasteiger partial charge in [-0.3, -0.25) is 4.79 Å². The van der Waals surface area contributed by atoms with Crippen LogP contribution in [0, 0.1) is 5.82 Å². The average molecular weight is 226 g/mol. The molecule has 0 fully saturated rings. The van der Waals surface area contributed by atoms with Crippen LogP contribution in [0.25, 0.3) is 0 Å². The Hall–Kier alpha value is -0.830. The molecule has 1 rings (SSSR count). The quantitative estimate of drug-likeness (QED) is 0.714. The largest absolute Gasteiger partial charge is 0.293 e. The molecular formula is C12H15FOS. The molecule has 0 N–H and O–H groups in total. The van der Waals surface area contributed by atoms with Crippen molar-refractivity contribution in [1.29, 1.82) is 0 Å². The van der Waals surface area contributed by atoms with Crippen LogP contribution in [0.2, 0.25) is 0 Å². The van der Waals surface area contributed by atoms with E-state index in [1.165, 1.54) is 24.3 Å². The van der Waals surface area contributed by atoms with Crippen molar-refractivity contribution in [2.45, 2.75) is 25.5 Å².